The molecule has 8 aromatic rings. The molecule has 0 N–H and O–H groups in total. The number of hydrogen-bond donors (Lipinski definition) is 0. The SMILES string of the molecule is C=C1/C=C\C=C/N(c2ccccc2)c2ccc3c(sc4ccc(-n5c6ccccc6c6cc(-c7ccccc7)ccc65)cc43)c21.CC.CC.CCC. The van der Waals surface area contributed by atoms with Crippen LogP contribution in [-0.4, -0.2) is 4.57 Å². The molecule has 0 atom stereocenters. The zero-order valence-electron chi connectivity index (χ0n) is 31.2. The van der Waals surface area contributed by atoms with Gasteiger partial charge in [0.1, 0.15) is 0 Å². The quantitative estimate of drug-likeness (QED) is 0.178. The lowest BCUT2D eigenvalue weighted by atomic mass is 9.99. The first-order valence-electron chi connectivity index (χ1n) is 18.6. The van der Waals surface area contributed by atoms with E-state index in [0.717, 1.165) is 16.9 Å². The van der Waals surface area contributed by atoms with Gasteiger partial charge in [0.15, 0.2) is 0 Å². The van der Waals surface area contributed by atoms with Crippen molar-refractivity contribution in [3.05, 3.63) is 170 Å². The van der Waals surface area contributed by atoms with Crippen molar-refractivity contribution in [2.75, 3.05) is 4.90 Å². The van der Waals surface area contributed by atoms with Crippen molar-refractivity contribution in [2.45, 2.75) is 48.0 Å². The molecule has 0 bridgehead atoms. The molecule has 9 rings (SSSR count). The van der Waals surface area contributed by atoms with Crippen LogP contribution in [0.25, 0.3) is 64.4 Å². The molecule has 2 aromatic heterocycles. The first-order chi connectivity index (χ1) is 25.7. The molecule has 0 unspecified atom stereocenters. The fraction of sp³-hybridized carbons (Fsp3) is 0.143. The molecule has 3 heterocycles. The van der Waals surface area contributed by atoms with Crippen LogP contribution in [0.3, 0.4) is 0 Å². The van der Waals surface area contributed by atoms with Crippen molar-refractivity contribution in [1.29, 1.82) is 0 Å². The van der Waals surface area contributed by atoms with E-state index < -0.39 is 0 Å². The Kier molecular flexibility index (Phi) is 11.5. The van der Waals surface area contributed by atoms with E-state index in [0.29, 0.717) is 0 Å². The number of rotatable bonds is 3. The van der Waals surface area contributed by atoms with Crippen LogP contribution in [0.15, 0.2) is 164 Å². The molecule has 0 spiro atoms. The molecule has 0 saturated carbocycles. The lowest BCUT2D eigenvalue weighted by Crippen LogP contribution is -2.11. The zero-order valence-corrected chi connectivity index (χ0v) is 32.0. The van der Waals surface area contributed by atoms with Crippen molar-refractivity contribution in [2.24, 2.45) is 0 Å². The van der Waals surface area contributed by atoms with Crippen LogP contribution in [0.2, 0.25) is 0 Å². The van der Waals surface area contributed by atoms with E-state index in [-0.39, 0.29) is 0 Å². The Bertz CT molecular complexity index is 2510. The van der Waals surface area contributed by atoms with Gasteiger partial charge in [-0.2, -0.15) is 0 Å². The summed E-state index contributed by atoms with van der Waals surface area (Å²) in [6, 6.07) is 48.2. The van der Waals surface area contributed by atoms with Crippen LogP contribution >= 0.6 is 11.3 Å². The maximum Gasteiger partial charge on any atom is 0.0548 e. The van der Waals surface area contributed by atoms with Crippen LogP contribution in [0.1, 0.15) is 53.5 Å². The molecule has 1 aliphatic heterocycles. The van der Waals surface area contributed by atoms with E-state index in [4.69, 9.17) is 0 Å². The van der Waals surface area contributed by atoms with Gasteiger partial charge < -0.3 is 9.47 Å². The largest absolute Gasteiger partial charge is 0.317 e. The first-order valence-corrected chi connectivity index (χ1v) is 19.4. The Morgan fingerprint density at radius 2 is 1.23 bits per heavy atom. The molecule has 3 heteroatoms. The Balaban J connectivity index is 0.000000623. The van der Waals surface area contributed by atoms with Crippen LogP contribution in [0, 0.1) is 0 Å². The van der Waals surface area contributed by atoms with Gasteiger partial charge in [-0.1, -0.05) is 146 Å². The van der Waals surface area contributed by atoms with Crippen molar-refractivity contribution in [3.8, 4) is 16.8 Å². The molecule has 0 aliphatic carbocycles. The number of benzene rings is 6. The summed E-state index contributed by atoms with van der Waals surface area (Å²) in [4.78, 5) is 2.26. The van der Waals surface area contributed by atoms with Gasteiger partial charge in [0.2, 0.25) is 0 Å². The van der Waals surface area contributed by atoms with Gasteiger partial charge in [0, 0.05) is 54.1 Å². The van der Waals surface area contributed by atoms with E-state index in [1.165, 1.54) is 70.8 Å². The number of allylic oxidation sites excluding steroid dienone is 4. The minimum atomic E-state index is 1.02. The maximum absolute atomic E-state index is 4.52. The van der Waals surface area contributed by atoms with Crippen molar-refractivity contribution >= 4 is 70.3 Å². The second-order valence-electron chi connectivity index (χ2n) is 12.2. The summed E-state index contributed by atoms with van der Waals surface area (Å²) in [7, 11) is 0. The third kappa shape index (κ3) is 6.73. The number of fused-ring (bicyclic) bond motifs is 8. The van der Waals surface area contributed by atoms with Gasteiger partial charge in [0.25, 0.3) is 0 Å². The van der Waals surface area contributed by atoms with E-state index in [2.05, 4.69) is 188 Å². The first kappa shape index (κ1) is 36.2. The van der Waals surface area contributed by atoms with E-state index >= 15 is 0 Å². The number of hydrogen-bond acceptors (Lipinski definition) is 2. The molecule has 0 fully saturated rings. The Labute approximate surface area is 313 Å². The fourth-order valence-corrected chi connectivity index (χ4v) is 8.07. The average molecular weight is 697 g/mol. The molecular formula is C49H48N2S. The molecule has 6 aromatic carbocycles. The lowest BCUT2D eigenvalue weighted by molar-refractivity contribution is 1.09. The number of anilines is 2. The van der Waals surface area contributed by atoms with Crippen molar-refractivity contribution in [3.63, 3.8) is 0 Å². The molecule has 2 nitrogen and oxygen atoms in total. The molecule has 1 aliphatic rings. The predicted octanol–water partition coefficient (Wildman–Crippen LogP) is 15.5. The Hall–Kier alpha value is -5.64. The van der Waals surface area contributed by atoms with Crippen LogP contribution in [0.4, 0.5) is 11.4 Å². The normalized spacial score (nSPS) is 13.2. The fourth-order valence-electron chi connectivity index (χ4n) is 6.81. The summed E-state index contributed by atoms with van der Waals surface area (Å²) in [5.41, 5.74) is 10.5. The number of para-hydroxylation sites is 2. The summed E-state index contributed by atoms with van der Waals surface area (Å²) in [5.74, 6) is 0. The topological polar surface area (TPSA) is 8.17 Å². The monoisotopic (exact) mass is 696 g/mol. The molecule has 52 heavy (non-hydrogen) atoms. The van der Waals surface area contributed by atoms with Crippen LogP contribution in [0.5, 0.6) is 0 Å². The predicted molar refractivity (Wildman–Crippen MR) is 234 cm³/mol. The smallest absolute Gasteiger partial charge is 0.0548 e. The summed E-state index contributed by atoms with van der Waals surface area (Å²) in [5, 5.41) is 5.05. The van der Waals surface area contributed by atoms with E-state index in [1.54, 1.807) is 0 Å². The Morgan fingerprint density at radius 1 is 0.558 bits per heavy atom. The summed E-state index contributed by atoms with van der Waals surface area (Å²) >= 11 is 1.85. The summed E-state index contributed by atoms with van der Waals surface area (Å²) in [6.07, 6.45) is 9.67. The van der Waals surface area contributed by atoms with Gasteiger partial charge in [-0.05, 0) is 77.4 Å². The minimum absolute atomic E-state index is 1.02. The standard InChI is InChI=1S/C42H28N2S.C3H8.2C2H6/c1-28-12-10-11-25-43(31-15-6-3-7-16-31)39-23-21-34-36-27-32(20-24-40(36)45-42(34)41(28)39)44-37-18-9-8-17-33(37)35-26-30(19-22-38(35)44)29-13-4-2-5-14-29;1-3-2;2*1-2/h2-27H,1H2;3H2,1-2H3;2*1-2H3/b12-10-,25-11-;;;. The van der Waals surface area contributed by atoms with Gasteiger partial charge in [-0.15, -0.1) is 11.3 Å². The second kappa shape index (κ2) is 16.6. The highest BCUT2D eigenvalue weighted by Gasteiger charge is 2.20. The van der Waals surface area contributed by atoms with Crippen molar-refractivity contribution in [1.82, 2.24) is 4.57 Å². The molecule has 0 radical (unpaired) electrons. The zero-order chi connectivity index (χ0) is 36.6. The van der Waals surface area contributed by atoms with Crippen LogP contribution < -0.4 is 4.90 Å². The van der Waals surface area contributed by atoms with Crippen molar-refractivity contribution < 1.29 is 0 Å². The van der Waals surface area contributed by atoms with Gasteiger partial charge in [-0.25, -0.2) is 0 Å². The van der Waals surface area contributed by atoms with Gasteiger partial charge in [0.05, 0.1) is 16.7 Å². The molecule has 0 saturated heterocycles. The summed E-state index contributed by atoms with van der Waals surface area (Å²) in [6.45, 7) is 16.8. The molecular weight excluding hydrogens is 649 g/mol. The average Bonchev–Trinajstić information content (AvgIpc) is 3.74. The highest BCUT2D eigenvalue weighted by molar-refractivity contribution is 7.26. The van der Waals surface area contributed by atoms with Gasteiger partial charge >= 0.3 is 0 Å². The second-order valence-corrected chi connectivity index (χ2v) is 13.3. The summed E-state index contributed by atoms with van der Waals surface area (Å²) < 4.78 is 4.95. The molecule has 260 valence electrons. The van der Waals surface area contributed by atoms with Crippen LogP contribution in [-0.2, 0) is 0 Å². The third-order valence-electron chi connectivity index (χ3n) is 8.90. The number of nitrogens with zero attached hydrogens (tertiary/aromatic N) is 2. The highest BCUT2D eigenvalue weighted by Crippen LogP contribution is 2.46. The lowest BCUT2D eigenvalue weighted by Gasteiger charge is -2.25. The number of aromatic nitrogens is 1. The number of thiophene rings is 1. The minimum Gasteiger partial charge on any atom is -0.317 e. The van der Waals surface area contributed by atoms with E-state index in [1.807, 2.05) is 39.0 Å². The molecule has 0 amide bonds. The maximum atomic E-state index is 4.52. The Morgan fingerprint density at radius 3 is 1.98 bits per heavy atom. The highest BCUT2D eigenvalue weighted by atomic mass is 32.1. The van der Waals surface area contributed by atoms with E-state index in [9.17, 15) is 0 Å². The third-order valence-corrected chi connectivity index (χ3v) is 10.1. The van der Waals surface area contributed by atoms with Gasteiger partial charge in [-0.3, -0.25) is 0 Å².